The summed E-state index contributed by atoms with van der Waals surface area (Å²) in [6.45, 7) is 16.5. The van der Waals surface area contributed by atoms with Gasteiger partial charge in [-0.2, -0.15) is 5.26 Å². The van der Waals surface area contributed by atoms with E-state index in [0.29, 0.717) is 11.3 Å². The zero-order valence-corrected chi connectivity index (χ0v) is 34.3. The number of benzene rings is 8. The second-order valence-electron chi connectivity index (χ2n) is 15.3. The van der Waals surface area contributed by atoms with Gasteiger partial charge in [0.1, 0.15) is 0 Å². The van der Waals surface area contributed by atoms with Crippen LogP contribution in [-0.4, -0.2) is 0 Å². The van der Waals surface area contributed by atoms with Gasteiger partial charge in [-0.05, 0) is 152 Å². The van der Waals surface area contributed by atoms with E-state index in [1.807, 2.05) is 36.4 Å². The van der Waals surface area contributed by atoms with Gasteiger partial charge in [-0.25, -0.2) is 4.85 Å². The van der Waals surface area contributed by atoms with Crippen molar-refractivity contribution in [3.63, 3.8) is 0 Å². The summed E-state index contributed by atoms with van der Waals surface area (Å²) in [4.78, 5) is 8.42. The normalized spacial score (nSPS) is 11.2. The van der Waals surface area contributed by atoms with Crippen molar-refractivity contribution in [2.24, 2.45) is 0 Å². The molecule has 0 unspecified atom stereocenters. The van der Waals surface area contributed by atoms with Crippen LogP contribution in [0.25, 0.3) is 39.9 Å². The van der Waals surface area contributed by atoms with E-state index in [2.05, 4.69) is 206 Å². The third-order valence-corrected chi connectivity index (χ3v) is 10.7. The topological polar surface area (TPSA) is 34.6 Å². The second kappa shape index (κ2) is 17.3. The molecule has 0 fully saturated rings. The molecule has 60 heavy (non-hydrogen) atoms. The zero-order chi connectivity index (χ0) is 41.6. The monoisotopic (exact) mass is 772 g/mol. The summed E-state index contributed by atoms with van der Waals surface area (Å²) in [7, 11) is 0. The lowest BCUT2D eigenvalue weighted by Crippen LogP contribution is -2.09. The van der Waals surface area contributed by atoms with Crippen LogP contribution in [0.3, 0.4) is 0 Å². The standard InChI is InChI=1S/C56H44N4/c1-39-6-22-48(23-7-39)59(49-24-8-40(2)9-25-49)52-30-18-43(19-31-52)14-16-45-34-47(38-57)54-35-46(37-56(58-5)55(54)36-45)17-15-44-20-32-53(33-21-44)60(50-26-10-41(3)11-27-50)51-28-12-42(4)13-29-51/h6-37H,1-4H3. The van der Waals surface area contributed by atoms with Gasteiger partial charge in [0.2, 0.25) is 0 Å². The third kappa shape index (κ3) is 8.65. The first-order valence-electron chi connectivity index (χ1n) is 20.1. The molecule has 4 nitrogen and oxygen atoms in total. The summed E-state index contributed by atoms with van der Waals surface area (Å²) in [5.41, 5.74) is 16.2. The Hall–Kier alpha value is -7.92. The number of rotatable bonds is 10. The van der Waals surface area contributed by atoms with E-state index >= 15 is 0 Å². The van der Waals surface area contributed by atoms with Gasteiger partial charge in [0, 0.05) is 34.1 Å². The first-order valence-corrected chi connectivity index (χ1v) is 20.1. The molecule has 288 valence electrons. The molecule has 0 N–H and O–H groups in total. The number of fused-ring (bicyclic) bond motifs is 1. The van der Waals surface area contributed by atoms with Gasteiger partial charge < -0.3 is 9.80 Å². The van der Waals surface area contributed by atoms with E-state index in [-0.39, 0.29) is 0 Å². The van der Waals surface area contributed by atoms with Gasteiger partial charge in [0.15, 0.2) is 5.69 Å². The van der Waals surface area contributed by atoms with E-state index in [1.54, 1.807) is 0 Å². The fourth-order valence-electron chi connectivity index (χ4n) is 7.39. The van der Waals surface area contributed by atoms with Crippen molar-refractivity contribution in [2.45, 2.75) is 27.7 Å². The van der Waals surface area contributed by atoms with Crippen LogP contribution in [0, 0.1) is 45.6 Å². The largest absolute Gasteiger partial charge is 0.311 e. The molecule has 4 heteroatoms. The predicted octanol–water partition coefficient (Wildman–Crippen LogP) is 15.8. The van der Waals surface area contributed by atoms with Gasteiger partial charge in [-0.1, -0.05) is 125 Å². The van der Waals surface area contributed by atoms with Gasteiger partial charge in [0.05, 0.1) is 18.2 Å². The SMILES string of the molecule is [C-]#[N+]c1cc(C=Cc2ccc(N(c3ccc(C)cc3)c3ccc(C)cc3)cc2)cc2c(C#N)cc(C=Cc3ccc(N(c4ccc(C)cc4)c4ccc(C)cc4)cc3)cc12. The molecule has 0 spiro atoms. The Balaban J connectivity index is 1.03. The van der Waals surface area contributed by atoms with Crippen LogP contribution in [0.15, 0.2) is 170 Å². The first-order chi connectivity index (χ1) is 29.2. The summed E-state index contributed by atoms with van der Waals surface area (Å²) in [5, 5.41) is 11.8. The Morgan fingerprint density at radius 1 is 0.400 bits per heavy atom. The lowest BCUT2D eigenvalue weighted by Gasteiger charge is -2.25. The van der Waals surface area contributed by atoms with Gasteiger partial charge >= 0.3 is 0 Å². The lowest BCUT2D eigenvalue weighted by molar-refractivity contribution is 1.27. The number of anilines is 6. The fourth-order valence-corrected chi connectivity index (χ4v) is 7.39. The van der Waals surface area contributed by atoms with E-state index in [4.69, 9.17) is 6.57 Å². The number of nitrogens with zero attached hydrogens (tertiary/aromatic N) is 4. The van der Waals surface area contributed by atoms with Crippen molar-refractivity contribution in [1.29, 1.82) is 5.26 Å². The summed E-state index contributed by atoms with van der Waals surface area (Å²) in [6.07, 6.45) is 8.13. The molecule has 0 heterocycles. The van der Waals surface area contributed by atoms with Gasteiger partial charge in [-0.15, -0.1) is 0 Å². The number of hydrogen-bond acceptors (Lipinski definition) is 3. The predicted molar refractivity (Wildman–Crippen MR) is 254 cm³/mol. The van der Waals surface area contributed by atoms with Crippen molar-refractivity contribution in [3.05, 3.63) is 231 Å². The lowest BCUT2D eigenvalue weighted by atomic mass is 9.97. The molecular formula is C56H44N4. The molecule has 0 aliphatic rings. The summed E-state index contributed by atoms with van der Waals surface area (Å²) >= 11 is 0. The van der Waals surface area contributed by atoms with Crippen molar-refractivity contribution in [3.8, 4) is 6.07 Å². The number of nitriles is 1. The second-order valence-corrected chi connectivity index (χ2v) is 15.3. The average molecular weight is 773 g/mol. The van der Waals surface area contributed by atoms with E-state index in [0.717, 1.165) is 67.2 Å². The molecule has 0 atom stereocenters. The molecule has 0 amide bonds. The van der Waals surface area contributed by atoms with Crippen LogP contribution in [0.4, 0.5) is 39.8 Å². The summed E-state index contributed by atoms with van der Waals surface area (Å²) < 4.78 is 0. The van der Waals surface area contributed by atoms with E-state index < -0.39 is 0 Å². The highest BCUT2D eigenvalue weighted by Crippen LogP contribution is 2.37. The Morgan fingerprint density at radius 3 is 1.03 bits per heavy atom. The van der Waals surface area contributed by atoms with Crippen LogP contribution in [0.1, 0.15) is 50.1 Å². The Morgan fingerprint density at radius 2 is 0.700 bits per heavy atom. The molecule has 0 aromatic heterocycles. The van der Waals surface area contributed by atoms with Crippen molar-refractivity contribution < 1.29 is 0 Å². The minimum absolute atomic E-state index is 0.512. The van der Waals surface area contributed by atoms with Gasteiger partial charge in [0.25, 0.3) is 0 Å². The Bertz CT molecular complexity index is 2630. The highest BCUT2D eigenvalue weighted by atomic mass is 15.1. The number of aryl methyl sites for hydroxylation is 4. The summed E-state index contributed by atoms with van der Waals surface area (Å²) in [6, 6.07) is 61.5. The molecule has 0 radical (unpaired) electrons. The van der Waals surface area contributed by atoms with Crippen molar-refractivity contribution >= 4 is 74.9 Å². The molecule has 0 bridgehead atoms. The zero-order valence-electron chi connectivity index (χ0n) is 34.3. The highest BCUT2D eigenvalue weighted by molar-refractivity contribution is 6.01. The van der Waals surface area contributed by atoms with Crippen LogP contribution in [0.2, 0.25) is 0 Å². The molecule has 8 rings (SSSR count). The molecule has 0 aliphatic carbocycles. The maximum Gasteiger partial charge on any atom is 0.195 e. The van der Waals surface area contributed by atoms with Crippen LogP contribution < -0.4 is 9.80 Å². The Labute approximate surface area is 353 Å². The first kappa shape index (κ1) is 38.9. The van der Waals surface area contributed by atoms with Crippen molar-refractivity contribution in [2.75, 3.05) is 9.80 Å². The minimum atomic E-state index is 0.512. The van der Waals surface area contributed by atoms with Crippen LogP contribution >= 0.6 is 0 Å². The smallest absolute Gasteiger partial charge is 0.195 e. The maximum atomic E-state index is 10.3. The quantitative estimate of drug-likeness (QED) is 0.103. The van der Waals surface area contributed by atoms with Crippen molar-refractivity contribution in [1.82, 2.24) is 0 Å². The van der Waals surface area contributed by atoms with E-state index in [9.17, 15) is 5.26 Å². The molecule has 0 aliphatic heterocycles. The minimum Gasteiger partial charge on any atom is -0.311 e. The Kier molecular flexibility index (Phi) is 11.2. The van der Waals surface area contributed by atoms with Crippen LogP contribution in [0.5, 0.6) is 0 Å². The fraction of sp³-hybridized carbons (Fsp3) is 0.0714. The van der Waals surface area contributed by atoms with Gasteiger partial charge in [-0.3, -0.25) is 0 Å². The van der Waals surface area contributed by atoms with E-state index in [1.165, 1.54) is 22.3 Å². The van der Waals surface area contributed by atoms with Crippen LogP contribution in [-0.2, 0) is 0 Å². The summed E-state index contributed by atoms with van der Waals surface area (Å²) in [5.74, 6) is 0. The third-order valence-electron chi connectivity index (χ3n) is 10.7. The maximum absolute atomic E-state index is 10.3. The molecular weight excluding hydrogens is 729 g/mol. The number of hydrogen-bond donors (Lipinski definition) is 0. The average Bonchev–Trinajstić information content (AvgIpc) is 3.28. The molecule has 8 aromatic carbocycles. The highest BCUT2D eigenvalue weighted by Gasteiger charge is 2.14. The molecule has 0 saturated heterocycles. The molecule has 0 saturated carbocycles. The molecule has 8 aromatic rings.